The average molecular weight is 366 g/mol. The van der Waals surface area contributed by atoms with Gasteiger partial charge in [0.05, 0.1) is 11.5 Å². The van der Waals surface area contributed by atoms with Crippen LogP contribution < -0.4 is 5.32 Å². The summed E-state index contributed by atoms with van der Waals surface area (Å²) in [7, 11) is 0. The van der Waals surface area contributed by atoms with E-state index >= 15 is 0 Å². The first-order valence-electron chi connectivity index (χ1n) is 9.47. The molecule has 2 aliphatic rings. The third-order valence-corrected chi connectivity index (χ3v) is 5.98. The molecular weight excluding hydrogens is 343 g/mol. The van der Waals surface area contributed by atoms with Gasteiger partial charge >= 0.3 is 0 Å². The number of hydrogen-bond donors (Lipinski definition) is 1. The van der Waals surface area contributed by atoms with Gasteiger partial charge in [0.25, 0.3) is 5.91 Å². The first kappa shape index (κ1) is 17.7. The molecule has 0 bridgehead atoms. The van der Waals surface area contributed by atoms with Crippen molar-refractivity contribution in [3.63, 3.8) is 0 Å². The number of benzene rings is 2. The fourth-order valence-corrected chi connectivity index (χ4v) is 4.66. The molecule has 2 aromatic carbocycles. The molecule has 1 spiro atoms. The molecule has 2 aliphatic heterocycles. The van der Waals surface area contributed by atoms with Crippen molar-refractivity contribution in [2.75, 3.05) is 11.9 Å². The molecule has 1 fully saturated rings. The van der Waals surface area contributed by atoms with Crippen LogP contribution in [0.1, 0.15) is 47.7 Å². The van der Waals surface area contributed by atoms with Gasteiger partial charge in [-0.25, -0.2) is 4.39 Å². The van der Waals surface area contributed by atoms with Gasteiger partial charge in [-0.1, -0.05) is 31.5 Å². The molecule has 0 radical (unpaired) electrons. The van der Waals surface area contributed by atoms with Crippen LogP contribution >= 0.6 is 0 Å². The maximum Gasteiger partial charge on any atom is 0.254 e. The lowest BCUT2D eigenvalue weighted by Crippen LogP contribution is -2.48. The molecule has 4 rings (SSSR count). The normalized spacial score (nSPS) is 23.6. The highest BCUT2D eigenvalue weighted by Gasteiger charge is 2.58. The zero-order valence-electron chi connectivity index (χ0n) is 15.6. The van der Waals surface area contributed by atoms with Crippen LogP contribution in [0, 0.1) is 12.7 Å². The van der Waals surface area contributed by atoms with Gasteiger partial charge < -0.3 is 10.2 Å². The molecule has 5 heteroatoms. The van der Waals surface area contributed by atoms with Crippen LogP contribution in [0.3, 0.4) is 0 Å². The maximum absolute atomic E-state index is 13.6. The molecule has 2 aromatic rings. The number of anilines is 1. The minimum Gasteiger partial charge on any atom is -0.334 e. The summed E-state index contributed by atoms with van der Waals surface area (Å²) in [5.41, 5.74) is 2.05. The van der Waals surface area contributed by atoms with Crippen molar-refractivity contribution in [3.8, 4) is 0 Å². The lowest BCUT2D eigenvalue weighted by Gasteiger charge is -2.34. The van der Waals surface area contributed by atoms with Gasteiger partial charge in [0, 0.05) is 17.8 Å². The first-order chi connectivity index (χ1) is 13.0. The van der Waals surface area contributed by atoms with Crippen molar-refractivity contribution in [3.05, 3.63) is 65.0 Å². The van der Waals surface area contributed by atoms with Crippen LogP contribution in [0.4, 0.5) is 10.1 Å². The zero-order valence-corrected chi connectivity index (χ0v) is 15.6. The number of aryl methyl sites for hydroxylation is 1. The van der Waals surface area contributed by atoms with Crippen LogP contribution in [0.15, 0.2) is 42.5 Å². The minimum absolute atomic E-state index is 0.0206. The van der Waals surface area contributed by atoms with Crippen molar-refractivity contribution in [1.82, 2.24) is 4.90 Å². The number of carbonyl (C=O) groups excluding carboxylic acids is 2. The Balaban J connectivity index is 1.75. The fourth-order valence-electron chi connectivity index (χ4n) is 4.66. The molecule has 140 valence electrons. The summed E-state index contributed by atoms with van der Waals surface area (Å²) in [5.74, 6) is -0.475. The van der Waals surface area contributed by atoms with Crippen molar-refractivity contribution >= 4 is 17.5 Å². The Labute approximate surface area is 158 Å². The Bertz CT molecular complexity index is 926. The number of likely N-dealkylation sites (tertiary alicyclic amines) is 1. The van der Waals surface area contributed by atoms with E-state index in [1.165, 1.54) is 12.1 Å². The Morgan fingerprint density at radius 3 is 2.81 bits per heavy atom. The third-order valence-electron chi connectivity index (χ3n) is 5.98. The number of para-hydroxylation sites is 1. The molecule has 4 nitrogen and oxygen atoms in total. The van der Waals surface area contributed by atoms with E-state index in [9.17, 15) is 14.0 Å². The Morgan fingerprint density at radius 1 is 1.30 bits per heavy atom. The number of rotatable bonds is 3. The van der Waals surface area contributed by atoms with E-state index in [0.29, 0.717) is 24.1 Å². The van der Waals surface area contributed by atoms with Gasteiger partial charge in [0.15, 0.2) is 0 Å². The highest BCUT2D eigenvalue weighted by molar-refractivity contribution is 6.08. The third kappa shape index (κ3) is 2.56. The van der Waals surface area contributed by atoms with Crippen LogP contribution in [0.2, 0.25) is 0 Å². The standard InChI is InChI=1S/C22H23FN2O2/c1-3-6-19-22(16-7-4-5-8-18(16)24-21(22)27)11-12-25(19)20(26)15-9-10-17(23)14(2)13-15/h4-5,7-10,13,19H,3,6,11-12H2,1-2H3,(H,24,27)/t19-,22-/m0/s1. The van der Waals surface area contributed by atoms with E-state index in [-0.39, 0.29) is 23.7 Å². The molecule has 2 atom stereocenters. The molecule has 0 unspecified atom stereocenters. The molecule has 0 aromatic heterocycles. The van der Waals surface area contributed by atoms with E-state index < -0.39 is 5.41 Å². The summed E-state index contributed by atoms with van der Waals surface area (Å²) in [6.45, 7) is 4.24. The molecule has 27 heavy (non-hydrogen) atoms. The van der Waals surface area contributed by atoms with E-state index in [2.05, 4.69) is 12.2 Å². The molecule has 1 saturated heterocycles. The van der Waals surface area contributed by atoms with Crippen LogP contribution in [-0.4, -0.2) is 29.3 Å². The lowest BCUT2D eigenvalue weighted by molar-refractivity contribution is -0.121. The number of nitrogens with zero attached hydrogens (tertiary/aromatic N) is 1. The van der Waals surface area contributed by atoms with Crippen LogP contribution in [0.5, 0.6) is 0 Å². The zero-order chi connectivity index (χ0) is 19.2. The van der Waals surface area contributed by atoms with Gasteiger partial charge in [0.2, 0.25) is 5.91 Å². The SMILES string of the molecule is CCC[C@@H]1N(C(=O)c2ccc(F)c(C)c2)CC[C@@]12C(=O)Nc1ccccc12. The fraction of sp³-hybridized carbons (Fsp3) is 0.364. The summed E-state index contributed by atoms with van der Waals surface area (Å²) in [6.07, 6.45) is 2.22. The molecule has 1 N–H and O–H groups in total. The molecule has 2 heterocycles. The molecule has 0 saturated carbocycles. The van der Waals surface area contributed by atoms with E-state index in [0.717, 1.165) is 24.1 Å². The number of halogens is 1. The summed E-state index contributed by atoms with van der Waals surface area (Å²) in [5, 5.41) is 3.01. The Hall–Kier alpha value is -2.69. The number of carbonyl (C=O) groups is 2. The quantitative estimate of drug-likeness (QED) is 0.891. The highest BCUT2D eigenvalue weighted by Crippen LogP contribution is 2.49. The summed E-state index contributed by atoms with van der Waals surface area (Å²) in [4.78, 5) is 28.1. The second kappa shape index (κ2) is 6.48. The van der Waals surface area contributed by atoms with Crippen molar-refractivity contribution in [1.29, 1.82) is 0 Å². The van der Waals surface area contributed by atoms with Crippen molar-refractivity contribution in [2.24, 2.45) is 0 Å². The number of fused-ring (bicyclic) bond motifs is 2. The lowest BCUT2D eigenvalue weighted by atomic mass is 9.73. The maximum atomic E-state index is 13.6. The number of nitrogens with one attached hydrogen (secondary N) is 1. The molecule has 2 amide bonds. The van der Waals surface area contributed by atoms with Gasteiger partial charge in [-0.3, -0.25) is 9.59 Å². The predicted octanol–water partition coefficient (Wildman–Crippen LogP) is 4.04. The number of hydrogen-bond acceptors (Lipinski definition) is 2. The van der Waals surface area contributed by atoms with Gasteiger partial charge in [0.1, 0.15) is 5.82 Å². The predicted molar refractivity (Wildman–Crippen MR) is 102 cm³/mol. The Kier molecular flexibility index (Phi) is 4.25. The number of amides is 2. The van der Waals surface area contributed by atoms with Crippen LogP contribution in [-0.2, 0) is 10.2 Å². The van der Waals surface area contributed by atoms with E-state index in [4.69, 9.17) is 0 Å². The van der Waals surface area contributed by atoms with Gasteiger partial charge in [-0.05, 0) is 55.2 Å². The summed E-state index contributed by atoms with van der Waals surface area (Å²) >= 11 is 0. The second-order valence-electron chi connectivity index (χ2n) is 7.49. The minimum atomic E-state index is -0.697. The Morgan fingerprint density at radius 2 is 2.07 bits per heavy atom. The molecular formula is C22H23FN2O2. The van der Waals surface area contributed by atoms with Gasteiger partial charge in [-0.2, -0.15) is 0 Å². The summed E-state index contributed by atoms with van der Waals surface area (Å²) < 4.78 is 13.6. The van der Waals surface area contributed by atoms with Crippen molar-refractivity contribution < 1.29 is 14.0 Å². The first-order valence-corrected chi connectivity index (χ1v) is 9.47. The smallest absolute Gasteiger partial charge is 0.254 e. The molecule has 0 aliphatic carbocycles. The average Bonchev–Trinajstić information content (AvgIpc) is 3.17. The summed E-state index contributed by atoms with van der Waals surface area (Å²) in [6, 6.07) is 12.0. The van der Waals surface area contributed by atoms with Gasteiger partial charge in [-0.15, -0.1) is 0 Å². The van der Waals surface area contributed by atoms with Crippen LogP contribution in [0.25, 0.3) is 0 Å². The largest absolute Gasteiger partial charge is 0.334 e. The van der Waals surface area contributed by atoms with Crippen molar-refractivity contribution in [2.45, 2.75) is 44.6 Å². The van der Waals surface area contributed by atoms with E-state index in [1.807, 2.05) is 29.2 Å². The van der Waals surface area contributed by atoms with E-state index in [1.54, 1.807) is 13.0 Å². The second-order valence-corrected chi connectivity index (χ2v) is 7.49. The topological polar surface area (TPSA) is 49.4 Å². The monoisotopic (exact) mass is 366 g/mol. The highest BCUT2D eigenvalue weighted by atomic mass is 19.1.